The number of Topliss-reactive ketones (excluding diaryl/α,β-unsaturated/α-hetero) is 1. The van der Waals surface area contributed by atoms with Gasteiger partial charge in [-0.05, 0) is 42.0 Å². The molecule has 1 unspecified atom stereocenters. The summed E-state index contributed by atoms with van der Waals surface area (Å²) < 4.78 is 17.2. The maximum absolute atomic E-state index is 13.8. The highest BCUT2D eigenvalue weighted by atomic mass is 16.6. The Kier molecular flexibility index (Phi) is 5.37. The Balaban J connectivity index is 1.48. The van der Waals surface area contributed by atoms with Gasteiger partial charge in [-0.1, -0.05) is 30.3 Å². The van der Waals surface area contributed by atoms with Crippen LogP contribution in [0.15, 0.2) is 88.5 Å². The lowest BCUT2D eigenvalue weighted by molar-refractivity contribution is -0.117. The van der Waals surface area contributed by atoms with Gasteiger partial charge in [0.25, 0.3) is 5.91 Å². The number of amides is 1. The van der Waals surface area contributed by atoms with E-state index in [1.54, 1.807) is 30.3 Å². The van der Waals surface area contributed by atoms with Crippen molar-refractivity contribution >= 4 is 34.0 Å². The number of rotatable bonds is 5. The smallest absolute Gasteiger partial charge is 0.294 e. The molecule has 0 aliphatic carbocycles. The summed E-state index contributed by atoms with van der Waals surface area (Å²) in [5, 5.41) is 11.8. The van der Waals surface area contributed by atoms with Crippen molar-refractivity contribution in [2.75, 3.05) is 37.1 Å². The number of hydrogen-bond donors (Lipinski definition) is 1. The molecule has 186 valence electrons. The summed E-state index contributed by atoms with van der Waals surface area (Å²) in [4.78, 5) is 30.7. The van der Waals surface area contributed by atoms with Crippen molar-refractivity contribution in [2.45, 2.75) is 6.04 Å². The van der Waals surface area contributed by atoms with E-state index >= 15 is 0 Å². The van der Waals surface area contributed by atoms with Crippen molar-refractivity contribution in [1.29, 1.82) is 0 Å². The molecular formula is C29H24N2O6. The molecule has 3 heterocycles. The molecule has 3 aromatic carbocycles. The van der Waals surface area contributed by atoms with Crippen LogP contribution in [0, 0.1) is 0 Å². The molecule has 0 saturated carbocycles. The number of ether oxygens (including phenoxy) is 2. The molecule has 6 rings (SSSR count). The summed E-state index contributed by atoms with van der Waals surface area (Å²) >= 11 is 0. The Hall–Kier alpha value is -4.72. The van der Waals surface area contributed by atoms with Crippen LogP contribution in [0.3, 0.4) is 0 Å². The molecule has 4 aromatic rings. The molecule has 0 saturated heterocycles. The van der Waals surface area contributed by atoms with Gasteiger partial charge in [0.15, 0.2) is 23.0 Å². The first-order chi connectivity index (χ1) is 17.9. The first-order valence-corrected chi connectivity index (χ1v) is 11.9. The lowest BCUT2D eigenvalue weighted by Gasteiger charge is -2.28. The van der Waals surface area contributed by atoms with Crippen LogP contribution in [0.4, 0.5) is 11.4 Å². The number of fused-ring (bicyclic) bond motifs is 2. The maximum atomic E-state index is 13.8. The van der Waals surface area contributed by atoms with E-state index < -0.39 is 23.5 Å². The number of aliphatic hydroxyl groups excluding tert-OH is 1. The molecule has 0 radical (unpaired) electrons. The number of furan rings is 1. The number of benzene rings is 3. The zero-order valence-electron chi connectivity index (χ0n) is 20.3. The van der Waals surface area contributed by atoms with E-state index in [0.717, 1.165) is 11.1 Å². The van der Waals surface area contributed by atoms with Crippen LogP contribution in [0.2, 0.25) is 0 Å². The van der Waals surface area contributed by atoms with Crippen LogP contribution in [0.5, 0.6) is 11.5 Å². The van der Waals surface area contributed by atoms with E-state index in [0.29, 0.717) is 41.5 Å². The fourth-order valence-corrected chi connectivity index (χ4v) is 4.78. The van der Waals surface area contributed by atoms with Gasteiger partial charge in [-0.3, -0.25) is 14.5 Å². The molecule has 0 spiro atoms. The standard InChI is InChI=1S/C29H24N2O6/c1-30(2)19-9-7-17(8-10-19)26-25(27(32)24-15-18-5-3-4-6-21(18)37-24)28(33)29(34)31(26)20-11-12-22-23(16-20)36-14-13-35-22/h3-12,15-16,26,33H,13-14H2,1-2H3. The Labute approximate surface area is 212 Å². The third-order valence-corrected chi connectivity index (χ3v) is 6.63. The molecule has 2 aliphatic rings. The summed E-state index contributed by atoms with van der Waals surface area (Å²) in [7, 11) is 3.86. The number of hydrogen-bond acceptors (Lipinski definition) is 7. The fourth-order valence-electron chi connectivity index (χ4n) is 4.78. The summed E-state index contributed by atoms with van der Waals surface area (Å²) in [5.74, 6) is -0.725. The highest BCUT2D eigenvalue weighted by Gasteiger charge is 2.45. The van der Waals surface area contributed by atoms with Crippen LogP contribution in [-0.4, -0.2) is 44.1 Å². The second-order valence-corrected chi connectivity index (χ2v) is 9.13. The van der Waals surface area contributed by atoms with Gasteiger partial charge in [0, 0.05) is 36.9 Å². The number of anilines is 2. The molecule has 1 N–H and O–H groups in total. The highest BCUT2D eigenvalue weighted by Crippen LogP contribution is 2.45. The van der Waals surface area contributed by atoms with E-state index in [4.69, 9.17) is 13.9 Å². The predicted octanol–water partition coefficient (Wildman–Crippen LogP) is 5.05. The van der Waals surface area contributed by atoms with Crippen molar-refractivity contribution in [3.8, 4) is 11.5 Å². The number of para-hydroxylation sites is 1. The largest absolute Gasteiger partial charge is 0.503 e. The van der Waals surface area contributed by atoms with Crippen molar-refractivity contribution in [1.82, 2.24) is 0 Å². The molecule has 1 aromatic heterocycles. The molecule has 8 heteroatoms. The van der Waals surface area contributed by atoms with Gasteiger partial charge in [0.1, 0.15) is 18.8 Å². The summed E-state index contributed by atoms with van der Waals surface area (Å²) in [5.41, 5.74) is 2.59. The molecule has 1 amide bonds. The van der Waals surface area contributed by atoms with E-state index in [9.17, 15) is 14.7 Å². The van der Waals surface area contributed by atoms with Crippen LogP contribution in [0.25, 0.3) is 11.0 Å². The number of aliphatic hydroxyl groups is 1. The number of ketones is 1. The van der Waals surface area contributed by atoms with Crippen molar-refractivity contribution in [3.05, 3.63) is 95.5 Å². The molecule has 1 atom stereocenters. The monoisotopic (exact) mass is 496 g/mol. The van der Waals surface area contributed by atoms with Crippen LogP contribution in [0.1, 0.15) is 22.2 Å². The maximum Gasteiger partial charge on any atom is 0.294 e. The summed E-state index contributed by atoms with van der Waals surface area (Å²) in [6.45, 7) is 0.827. The average Bonchev–Trinajstić information content (AvgIpc) is 3.47. The van der Waals surface area contributed by atoms with Gasteiger partial charge in [-0.2, -0.15) is 0 Å². The molecular weight excluding hydrogens is 472 g/mol. The van der Waals surface area contributed by atoms with Gasteiger partial charge in [-0.25, -0.2) is 0 Å². The minimum absolute atomic E-state index is 0.0449. The SMILES string of the molecule is CN(C)c1ccc(C2C(C(=O)c3cc4ccccc4o3)=C(O)C(=O)N2c2ccc3c(c2)OCCO3)cc1. The molecule has 0 fully saturated rings. The molecule has 8 nitrogen and oxygen atoms in total. The third kappa shape index (κ3) is 3.78. The topological polar surface area (TPSA) is 92.5 Å². The lowest BCUT2D eigenvalue weighted by Crippen LogP contribution is -2.31. The average molecular weight is 497 g/mol. The molecule has 37 heavy (non-hydrogen) atoms. The Morgan fingerprint density at radius 1 is 0.946 bits per heavy atom. The Bertz CT molecular complexity index is 1530. The zero-order chi connectivity index (χ0) is 25.7. The first-order valence-electron chi connectivity index (χ1n) is 11.9. The second kappa shape index (κ2) is 8.74. The third-order valence-electron chi connectivity index (χ3n) is 6.63. The normalized spacial score (nSPS) is 17.0. The van der Waals surface area contributed by atoms with Gasteiger partial charge in [0.2, 0.25) is 5.78 Å². The lowest BCUT2D eigenvalue weighted by atomic mass is 9.94. The van der Waals surface area contributed by atoms with Crippen molar-refractivity contribution in [2.24, 2.45) is 0 Å². The van der Waals surface area contributed by atoms with Crippen LogP contribution >= 0.6 is 0 Å². The summed E-state index contributed by atoms with van der Waals surface area (Å²) in [6, 6.07) is 20.6. The van der Waals surface area contributed by atoms with Gasteiger partial charge in [-0.15, -0.1) is 0 Å². The second-order valence-electron chi connectivity index (χ2n) is 9.13. The van der Waals surface area contributed by atoms with Crippen molar-refractivity contribution < 1.29 is 28.6 Å². The minimum atomic E-state index is -0.882. The quantitative estimate of drug-likeness (QED) is 0.387. The van der Waals surface area contributed by atoms with E-state index in [1.165, 1.54) is 4.90 Å². The van der Waals surface area contributed by atoms with E-state index in [-0.39, 0.29) is 11.3 Å². The summed E-state index contributed by atoms with van der Waals surface area (Å²) in [6.07, 6.45) is 0. The van der Waals surface area contributed by atoms with E-state index in [1.807, 2.05) is 61.5 Å². The Morgan fingerprint density at radius 2 is 1.68 bits per heavy atom. The molecule has 2 aliphatic heterocycles. The number of carbonyl (C=O) groups is 2. The predicted molar refractivity (Wildman–Crippen MR) is 139 cm³/mol. The Morgan fingerprint density at radius 3 is 2.41 bits per heavy atom. The molecule has 0 bridgehead atoms. The van der Waals surface area contributed by atoms with Gasteiger partial charge < -0.3 is 23.9 Å². The van der Waals surface area contributed by atoms with E-state index in [2.05, 4.69) is 0 Å². The minimum Gasteiger partial charge on any atom is -0.503 e. The van der Waals surface area contributed by atoms with Crippen LogP contribution in [-0.2, 0) is 4.79 Å². The highest BCUT2D eigenvalue weighted by molar-refractivity contribution is 6.20. The fraction of sp³-hybridized carbons (Fsp3) is 0.172. The van der Waals surface area contributed by atoms with Gasteiger partial charge in [0.05, 0.1) is 11.6 Å². The first kappa shape index (κ1) is 22.7. The number of carbonyl (C=O) groups excluding carboxylic acids is 2. The van der Waals surface area contributed by atoms with Crippen molar-refractivity contribution in [3.63, 3.8) is 0 Å². The zero-order valence-corrected chi connectivity index (χ0v) is 20.3. The number of nitrogens with zero attached hydrogens (tertiary/aromatic N) is 2. The van der Waals surface area contributed by atoms with Crippen LogP contribution < -0.4 is 19.3 Å². The van der Waals surface area contributed by atoms with Gasteiger partial charge >= 0.3 is 0 Å².